The number of aliphatic imine (C=N–C) groups is 1. The third-order valence-electron chi connectivity index (χ3n) is 3.18. The van der Waals surface area contributed by atoms with Crippen molar-refractivity contribution in [2.45, 2.75) is 17.6 Å². The zero-order valence-electron chi connectivity index (χ0n) is 10.3. The van der Waals surface area contributed by atoms with Crippen molar-refractivity contribution in [1.82, 2.24) is 0 Å². The van der Waals surface area contributed by atoms with Crippen molar-refractivity contribution in [3.63, 3.8) is 0 Å². The molecule has 0 atom stereocenters. The Bertz CT molecular complexity index is 548. The maximum atomic E-state index is 11.6. The minimum Gasteiger partial charge on any atom is -0.370 e. The van der Waals surface area contributed by atoms with Gasteiger partial charge in [0, 0.05) is 11.9 Å². The molecule has 0 spiro atoms. The average Bonchev–Trinajstić information content (AvgIpc) is 3.08. The Kier molecular flexibility index (Phi) is 3.30. The van der Waals surface area contributed by atoms with Gasteiger partial charge in [0.15, 0.2) is 15.8 Å². The summed E-state index contributed by atoms with van der Waals surface area (Å²) >= 11 is 0. The fraction of sp³-hybridized carbons (Fsp3) is 0.417. The predicted octanol–water partition coefficient (Wildman–Crippen LogP) is 0.990. The smallest absolute Gasteiger partial charge is 0.193 e. The molecule has 1 saturated carbocycles. The van der Waals surface area contributed by atoms with Gasteiger partial charge < -0.3 is 11.1 Å². The van der Waals surface area contributed by atoms with E-state index in [2.05, 4.69) is 10.3 Å². The third kappa shape index (κ3) is 2.81. The van der Waals surface area contributed by atoms with E-state index in [4.69, 9.17) is 5.73 Å². The number of nitrogens with one attached hydrogen (secondary N) is 1. The fourth-order valence-electron chi connectivity index (χ4n) is 1.72. The van der Waals surface area contributed by atoms with Gasteiger partial charge in [-0.2, -0.15) is 0 Å². The average molecular weight is 267 g/mol. The molecule has 0 aromatic heterocycles. The summed E-state index contributed by atoms with van der Waals surface area (Å²) < 4.78 is 22.4. The standard InChI is InChI=1S/C12H17N3O2S/c1-18(16,17)12(7-8-12)9-14-11(13)15-10-5-3-2-4-6-10/h2-6H,7-9H2,1H3,(H3,13,14,15). The molecule has 2 rings (SSSR count). The number of nitrogens with two attached hydrogens (primary N) is 1. The van der Waals surface area contributed by atoms with E-state index >= 15 is 0 Å². The second kappa shape index (κ2) is 4.61. The molecule has 6 heteroatoms. The van der Waals surface area contributed by atoms with Crippen LogP contribution in [0.2, 0.25) is 0 Å². The lowest BCUT2D eigenvalue weighted by molar-refractivity contribution is 0.583. The minimum atomic E-state index is -3.05. The lowest BCUT2D eigenvalue weighted by atomic mass is 10.3. The second-order valence-corrected chi connectivity index (χ2v) is 7.06. The van der Waals surface area contributed by atoms with E-state index < -0.39 is 14.6 Å². The molecule has 5 nitrogen and oxygen atoms in total. The Labute approximate surface area is 107 Å². The van der Waals surface area contributed by atoms with E-state index in [9.17, 15) is 8.42 Å². The second-order valence-electron chi connectivity index (χ2n) is 4.65. The Morgan fingerprint density at radius 2 is 2.00 bits per heavy atom. The Hall–Kier alpha value is -1.56. The van der Waals surface area contributed by atoms with Gasteiger partial charge in [0.1, 0.15) is 0 Å². The van der Waals surface area contributed by atoms with Crippen molar-refractivity contribution in [2.75, 3.05) is 18.1 Å². The van der Waals surface area contributed by atoms with Crippen LogP contribution in [0.5, 0.6) is 0 Å². The van der Waals surface area contributed by atoms with Crippen LogP contribution >= 0.6 is 0 Å². The van der Waals surface area contributed by atoms with Crippen LogP contribution in [0.1, 0.15) is 12.8 Å². The highest BCUT2D eigenvalue weighted by atomic mass is 32.2. The van der Waals surface area contributed by atoms with Crippen LogP contribution in [0.4, 0.5) is 5.69 Å². The summed E-state index contributed by atoms with van der Waals surface area (Å²) in [5, 5.41) is 2.93. The highest BCUT2D eigenvalue weighted by Crippen LogP contribution is 2.43. The number of sulfone groups is 1. The summed E-state index contributed by atoms with van der Waals surface area (Å²) in [6.45, 7) is 0.234. The Morgan fingerprint density at radius 3 is 2.50 bits per heavy atom. The molecule has 1 fully saturated rings. The van der Waals surface area contributed by atoms with Gasteiger partial charge in [-0.1, -0.05) is 18.2 Å². The molecule has 0 amide bonds. The summed E-state index contributed by atoms with van der Waals surface area (Å²) in [7, 11) is -3.05. The number of hydrogen-bond donors (Lipinski definition) is 2. The van der Waals surface area contributed by atoms with Crippen LogP contribution in [0.15, 0.2) is 35.3 Å². The van der Waals surface area contributed by atoms with Crippen LogP contribution in [0.25, 0.3) is 0 Å². The lowest BCUT2D eigenvalue weighted by Gasteiger charge is -2.11. The monoisotopic (exact) mass is 267 g/mol. The molecule has 98 valence electrons. The van der Waals surface area contributed by atoms with E-state index in [1.54, 1.807) is 0 Å². The fourth-order valence-corrected chi connectivity index (χ4v) is 2.87. The largest absolute Gasteiger partial charge is 0.370 e. The summed E-state index contributed by atoms with van der Waals surface area (Å²) in [5.41, 5.74) is 6.56. The van der Waals surface area contributed by atoms with Gasteiger partial charge in [0.05, 0.1) is 11.3 Å². The molecule has 0 aliphatic heterocycles. The number of benzene rings is 1. The van der Waals surface area contributed by atoms with Gasteiger partial charge in [-0.05, 0) is 25.0 Å². The van der Waals surface area contributed by atoms with Gasteiger partial charge in [0.2, 0.25) is 0 Å². The van der Waals surface area contributed by atoms with Crippen LogP contribution < -0.4 is 11.1 Å². The quantitative estimate of drug-likeness (QED) is 0.629. The molecule has 1 aliphatic carbocycles. The number of guanidine groups is 1. The number of para-hydroxylation sites is 1. The molecule has 0 unspecified atom stereocenters. The van der Waals surface area contributed by atoms with Crippen LogP contribution in [-0.4, -0.2) is 31.9 Å². The van der Waals surface area contributed by atoms with Crippen LogP contribution in [0.3, 0.4) is 0 Å². The number of anilines is 1. The number of hydrogen-bond acceptors (Lipinski definition) is 3. The number of rotatable bonds is 4. The summed E-state index contributed by atoms with van der Waals surface area (Å²) in [6, 6.07) is 9.40. The van der Waals surface area contributed by atoms with Crippen molar-refractivity contribution in [1.29, 1.82) is 0 Å². The van der Waals surface area contributed by atoms with Gasteiger partial charge >= 0.3 is 0 Å². The highest BCUT2D eigenvalue weighted by Gasteiger charge is 2.51. The first kappa shape index (κ1) is 12.9. The molecule has 1 aliphatic rings. The van der Waals surface area contributed by atoms with Crippen molar-refractivity contribution in [2.24, 2.45) is 10.7 Å². The predicted molar refractivity (Wildman–Crippen MR) is 73.4 cm³/mol. The summed E-state index contributed by atoms with van der Waals surface area (Å²) in [5.74, 6) is 0.246. The molecular weight excluding hydrogens is 250 g/mol. The maximum absolute atomic E-state index is 11.6. The molecule has 1 aromatic carbocycles. The van der Waals surface area contributed by atoms with Crippen LogP contribution in [0, 0.1) is 0 Å². The van der Waals surface area contributed by atoms with E-state index in [0.29, 0.717) is 12.8 Å². The summed E-state index contributed by atoms with van der Waals surface area (Å²) in [4.78, 5) is 4.12. The van der Waals surface area contributed by atoms with Crippen molar-refractivity contribution in [3.8, 4) is 0 Å². The first-order valence-corrected chi connectivity index (χ1v) is 7.64. The van der Waals surface area contributed by atoms with Crippen molar-refractivity contribution < 1.29 is 8.42 Å². The third-order valence-corrected chi connectivity index (χ3v) is 5.29. The Balaban J connectivity index is 1.99. The first-order valence-electron chi connectivity index (χ1n) is 5.75. The van der Waals surface area contributed by atoms with Crippen LogP contribution in [-0.2, 0) is 9.84 Å². The molecule has 0 saturated heterocycles. The minimum absolute atomic E-state index is 0.234. The van der Waals surface area contributed by atoms with Gasteiger partial charge in [-0.3, -0.25) is 4.99 Å². The van der Waals surface area contributed by atoms with E-state index in [1.807, 2.05) is 30.3 Å². The molecular formula is C12H17N3O2S. The molecule has 0 radical (unpaired) electrons. The van der Waals surface area contributed by atoms with Crippen molar-refractivity contribution >= 4 is 21.5 Å². The van der Waals surface area contributed by atoms with E-state index in [1.165, 1.54) is 6.26 Å². The van der Waals surface area contributed by atoms with Gasteiger partial charge in [-0.25, -0.2) is 8.42 Å². The van der Waals surface area contributed by atoms with Gasteiger partial charge in [-0.15, -0.1) is 0 Å². The topological polar surface area (TPSA) is 84.5 Å². The SMILES string of the molecule is CS(=O)(=O)C1(CN=C(N)Nc2ccccc2)CC1. The molecule has 3 N–H and O–H groups in total. The molecule has 1 aromatic rings. The highest BCUT2D eigenvalue weighted by molar-refractivity contribution is 7.92. The zero-order valence-corrected chi connectivity index (χ0v) is 11.1. The number of nitrogens with zero attached hydrogens (tertiary/aromatic N) is 1. The normalized spacial score (nSPS) is 18.4. The van der Waals surface area contributed by atoms with Gasteiger partial charge in [0.25, 0.3) is 0 Å². The molecule has 0 bridgehead atoms. The van der Waals surface area contributed by atoms with E-state index in [-0.39, 0.29) is 12.5 Å². The molecule has 18 heavy (non-hydrogen) atoms. The summed E-state index contributed by atoms with van der Waals surface area (Å²) in [6.07, 6.45) is 2.61. The lowest BCUT2D eigenvalue weighted by Crippen LogP contribution is -2.29. The van der Waals surface area contributed by atoms with Crippen molar-refractivity contribution in [3.05, 3.63) is 30.3 Å². The maximum Gasteiger partial charge on any atom is 0.193 e. The molecule has 0 heterocycles. The van der Waals surface area contributed by atoms with E-state index in [0.717, 1.165) is 5.69 Å². The zero-order chi connectivity index (χ0) is 13.2. The Morgan fingerprint density at radius 1 is 1.39 bits per heavy atom. The first-order chi connectivity index (χ1) is 8.43.